The Bertz CT molecular complexity index is 519. The third-order valence-electron chi connectivity index (χ3n) is 5.63. The van der Waals surface area contributed by atoms with Crippen LogP contribution in [0, 0.1) is 0 Å². The third-order valence-corrected chi connectivity index (χ3v) is 9.21. The van der Waals surface area contributed by atoms with Gasteiger partial charge in [-0.25, -0.2) is 0 Å². The van der Waals surface area contributed by atoms with Crippen LogP contribution in [0.5, 0.6) is 0 Å². The molecule has 3 nitrogen and oxygen atoms in total. The van der Waals surface area contributed by atoms with Gasteiger partial charge >= 0.3 is 0 Å². The molecule has 0 spiro atoms. The van der Waals surface area contributed by atoms with Gasteiger partial charge in [0, 0.05) is 10.5 Å². The molecule has 1 aromatic rings. The van der Waals surface area contributed by atoms with Crippen molar-refractivity contribution in [3.05, 3.63) is 30.3 Å². The van der Waals surface area contributed by atoms with Crippen molar-refractivity contribution in [2.24, 2.45) is 0 Å². The van der Waals surface area contributed by atoms with Crippen molar-refractivity contribution in [3.63, 3.8) is 0 Å². The van der Waals surface area contributed by atoms with Crippen molar-refractivity contribution in [2.75, 3.05) is 13.2 Å². The molecule has 0 aliphatic heterocycles. The van der Waals surface area contributed by atoms with Crippen LogP contribution in [0.15, 0.2) is 30.3 Å². The maximum atomic E-state index is 13.9. The second kappa shape index (κ2) is 9.17. The lowest BCUT2D eigenvalue weighted by Crippen LogP contribution is -2.32. The highest BCUT2D eigenvalue weighted by Gasteiger charge is 2.44. The van der Waals surface area contributed by atoms with Crippen molar-refractivity contribution < 1.29 is 13.8 Å². The van der Waals surface area contributed by atoms with E-state index in [1.807, 2.05) is 30.3 Å². The maximum Gasteiger partial charge on any atom is 0.237 e. The molecule has 4 heteroatoms. The van der Waals surface area contributed by atoms with E-state index < -0.39 is 7.37 Å². The first kappa shape index (κ1) is 21.4. The van der Waals surface area contributed by atoms with Gasteiger partial charge in [0.25, 0.3) is 0 Å². The summed E-state index contributed by atoms with van der Waals surface area (Å²) in [5.41, 5.74) is -0.126. The van der Waals surface area contributed by atoms with E-state index in [-0.39, 0.29) is 10.8 Å². The molecule has 0 saturated heterocycles. The minimum atomic E-state index is -2.97. The number of hydrogen-bond donors (Lipinski definition) is 0. The minimum absolute atomic E-state index is 0.126. The SMILES string of the molecule is CCC(C)(CC)OCCOP(=O)(c1ccccc1)C(C)(CC)CC. The second-order valence-corrected chi connectivity index (χ2v) is 9.89. The molecular formula is C20H35O3P. The zero-order valence-corrected chi connectivity index (χ0v) is 17.2. The van der Waals surface area contributed by atoms with E-state index in [9.17, 15) is 4.57 Å². The lowest BCUT2D eigenvalue weighted by Gasteiger charge is -2.36. The van der Waals surface area contributed by atoms with Gasteiger partial charge in [-0.15, -0.1) is 0 Å². The van der Waals surface area contributed by atoms with Gasteiger partial charge in [-0.1, -0.05) is 52.8 Å². The van der Waals surface area contributed by atoms with Crippen molar-refractivity contribution in [1.29, 1.82) is 0 Å². The Morgan fingerprint density at radius 3 is 1.88 bits per heavy atom. The van der Waals surface area contributed by atoms with E-state index in [1.54, 1.807) is 0 Å². The Morgan fingerprint density at radius 2 is 1.42 bits per heavy atom. The Morgan fingerprint density at radius 1 is 0.875 bits per heavy atom. The molecule has 1 rings (SSSR count). The van der Waals surface area contributed by atoms with Crippen LogP contribution in [0.25, 0.3) is 0 Å². The largest absolute Gasteiger partial charge is 0.373 e. The van der Waals surface area contributed by atoms with Crippen LogP contribution in [0.2, 0.25) is 0 Å². The lowest BCUT2D eigenvalue weighted by atomic mass is 10.0. The molecule has 0 aliphatic rings. The van der Waals surface area contributed by atoms with E-state index >= 15 is 0 Å². The predicted octanol–water partition coefficient (Wildman–Crippen LogP) is 5.78. The summed E-state index contributed by atoms with van der Waals surface area (Å²) in [5.74, 6) is 0. The standard InChI is InChI=1S/C20H35O3P/c1-7-19(5,8-2)22-16-17-23-24(21,20(6,9-3)10-4)18-14-12-11-13-15-18/h11-15H,7-10,16-17H2,1-6H3. The molecule has 0 aromatic heterocycles. The summed E-state index contributed by atoms with van der Waals surface area (Å²) in [6.07, 6.45) is 3.55. The van der Waals surface area contributed by atoms with Gasteiger partial charge in [-0.3, -0.25) is 4.57 Å². The molecule has 24 heavy (non-hydrogen) atoms. The first-order valence-electron chi connectivity index (χ1n) is 9.25. The Labute approximate surface area is 148 Å². The zero-order chi connectivity index (χ0) is 18.3. The van der Waals surface area contributed by atoms with Crippen molar-refractivity contribution in [3.8, 4) is 0 Å². The fraction of sp³-hybridized carbons (Fsp3) is 0.700. The van der Waals surface area contributed by atoms with Gasteiger partial charge in [0.05, 0.1) is 18.8 Å². The molecule has 0 aliphatic carbocycles. The number of hydrogen-bond acceptors (Lipinski definition) is 3. The van der Waals surface area contributed by atoms with Crippen molar-refractivity contribution in [1.82, 2.24) is 0 Å². The normalized spacial score (nSPS) is 15.2. The van der Waals surface area contributed by atoms with E-state index in [4.69, 9.17) is 9.26 Å². The summed E-state index contributed by atoms with van der Waals surface area (Å²) in [4.78, 5) is 0. The van der Waals surface area contributed by atoms with Crippen LogP contribution < -0.4 is 5.30 Å². The fourth-order valence-electron chi connectivity index (χ4n) is 2.74. The average Bonchev–Trinajstić information content (AvgIpc) is 2.64. The van der Waals surface area contributed by atoms with E-state index in [0.29, 0.717) is 13.2 Å². The molecule has 138 valence electrons. The summed E-state index contributed by atoms with van der Waals surface area (Å²) in [6, 6.07) is 9.65. The smallest absolute Gasteiger partial charge is 0.237 e. The molecule has 0 saturated carbocycles. The molecular weight excluding hydrogens is 319 g/mol. The Balaban J connectivity index is 2.91. The van der Waals surface area contributed by atoms with E-state index in [1.165, 1.54) is 0 Å². The highest BCUT2D eigenvalue weighted by molar-refractivity contribution is 7.68. The number of rotatable bonds is 11. The van der Waals surface area contributed by atoms with Gasteiger partial charge in [0.2, 0.25) is 7.37 Å². The quantitative estimate of drug-likeness (QED) is 0.373. The van der Waals surface area contributed by atoms with E-state index in [2.05, 4.69) is 41.5 Å². The zero-order valence-electron chi connectivity index (χ0n) is 16.3. The highest BCUT2D eigenvalue weighted by atomic mass is 31.2. The molecule has 1 atom stereocenters. The third kappa shape index (κ3) is 4.71. The molecule has 0 fully saturated rings. The van der Waals surface area contributed by atoms with Crippen LogP contribution >= 0.6 is 7.37 Å². The van der Waals surface area contributed by atoms with Crippen LogP contribution in [-0.2, 0) is 13.8 Å². The fourth-order valence-corrected chi connectivity index (χ4v) is 5.55. The summed E-state index contributed by atoms with van der Waals surface area (Å²) < 4.78 is 26.0. The molecule has 0 amide bonds. The van der Waals surface area contributed by atoms with Gasteiger partial charge in [0.15, 0.2) is 0 Å². The molecule has 0 radical (unpaired) electrons. The summed E-state index contributed by atoms with van der Waals surface area (Å²) in [6.45, 7) is 13.5. The summed E-state index contributed by atoms with van der Waals surface area (Å²) in [5, 5.41) is 0.456. The molecule has 1 aromatic carbocycles. The topological polar surface area (TPSA) is 35.5 Å². The number of benzene rings is 1. The predicted molar refractivity (Wildman–Crippen MR) is 104 cm³/mol. The van der Waals surface area contributed by atoms with Gasteiger partial charge in [0.1, 0.15) is 0 Å². The van der Waals surface area contributed by atoms with Gasteiger partial charge in [-0.2, -0.15) is 0 Å². The van der Waals surface area contributed by atoms with Gasteiger partial charge in [-0.05, 0) is 44.7 Å². The molecule has 0 N–H and O–H groups in total. The highest BCUT2D eigenvalue weighted by Crippen LogP contribution is 2.60. The second-order valence-electron chi connectivity index (χ2n) is 6.93. The molecule has 0 bridgehead atoms. The average molecular weight is 354 g/mol. The Hall–Kier alpha value is -0.630. The van der Waals surface area contributed by atoms with Crippen molar-refractivity contribution >= 4 is 12.7 Å². The molecule has 0 heterocycles. The number of ether oxygens (including phenoxy) is 1. The monoisotopic (exact) mass is 354 g/mol. The summed E-state index contributed by atoms with van der Waals surface area (Å²) in [7, 11) is -2.97. The van der Waals surface area contributed by atoms with E-state index in [0.717, 1.165) is 31.0 Å². The van der Waals surface area contributed by atoms with Crippen LogP contribution in [0.3, 0.4) is 0 Å². The Kier molecular flexibility index (Phi) is 8.19. The minimum Gasteiger partial charge on any atom is -0.373 e. The molecule has 1 unspecified atom stereocenters. The van der Waals surface area contributed by atoms with Crippen molar-refractivity contribution in [2.45, 2.75) is 78.0 Å². The van der Waals surface area contributed by atoms with Crippen LogP contribution in [0.1, 0.15) is 67.2 Å². The van der Waals surface area contributed by atoms with Gasteiger partial charge < -0.3 is 9.26 Å². The lowest BCUT2D eigenvalue weighted by molar-refractivity contribution is -0.0472. The maximum absolute atomic E-state index is 13.9. The van der Waals surface area contributed by atoms with Crippen LogP contribution in [0.4, 0.5) is 0 Å². The van der Waals surface area contributed by atoms with Crippen LogP contribution in [-0.4, -0.2) is 24.0 Å². The first-order valence-corrected chi connectivity index (χ1v) is 10.9. The first-order chi connectivity index (χ1) is 11.3. The summed E-state index contributed by atoms with van der Waals surface area (Å²) >= 11 is 0.